The van der Waals surface area contributed by atoms with Gasteiger partial charge in [0, 0.05) is 0 Å². The first kappa shape index (κ1) is 38.2. The van der Waals surface area contributed by atoms with E-state index in [4.69, 9.17) is 0 Å². The van der Waals surface area contributed by atoms with Crippen LogP contribution < -0.4 is 12.4 Å². The third-order valence-electron chi connectivity index (χ3n) is 3.94. The van der Waals surface area contributed by atoms with Gasteiger partial charge in [-0.15, -0.1) is 12.4 Å². The summed E-state index contributed by atoms with van der Waals surface area (Å²) in [5.41, 5.74) is 0. The Balaban J connectivity index is -0.000000128. The summed E-state index contributed by atoms with van der Waals surface area (Å²) >= 11 is 0. The number of halogens is 2. The van der Waals surface area contributed by atoms with Gasteiger partial charge < -0.3 is 16.9 Å². The smallest absolute Gasteiger partial charge is 0.0786 e. The summed E-state index contributed by atoms with van der Waals surface area (Å²) < 4.78 is 1.42. The van der Waals surface area contributed by atoms with Gasteiger partial charge >= 0.3 is 0 Å². The molecule has 0 amide bonds. The summed E-state index contributed by atoms with van der Waals surface area (Å²) in [4.78, 5) is 0. The van der Waals surface area contributed by atoms with Crippen molar-refractivity contribution in [2.75, 3.05) is 26.2 Å². The molecule has 0 aliphatic rings. The molecule has 3 heteroatoms. The van der Waals surface area contributed by atoms with E-state index in [1.165, 1.54) is 82.0 Å². The zero-order chi connectivity index (χ0) is 13.0. The predicted octanol–water partition coefficient (Wildman–Crippen LogP) is 4.34. The third kappa shape index (κ3) is 18.6. The van der Waals surface area contributed by atoms with Crippen LogP contribution >= 0.6 is 12.4 Å². The predicted molar refractivity (Wildman–Crippen MR) is 107 cm³/mol. The lowest BCUT2D eigenvalue weighted by Crippen LogP contribution is -3.00. The molecule has 0 aromatic heterocycles. The summed E-state index contributed by atoms with van der Waals surface area (Å²) in [6.45, 7) is 15.0. The number of quaternary nitrogens is 1. The van der Waals surface area contributed by atoms with Gasteiger partial charge in [-0.2, -0.15) is 0 Å². The van der Waals surface area contributed by atoms with Crippen molar-refractivity contribution >= 4 is 12.4 Å². The largest absolute Gasteiger partial charge is 1.00 e. The fraction of sp³-hybridized carbons (Fsp3) is 1.00. The lowest BCUT2D eigenvalue weighted by atomic mass is 10.1. The molecular weight excluding hydrogens is 313 g/mol. The van der Waals surface area contributed by atoms with Crippen LogP contribution in [0.2, 0.25) is 0 Å². The molecule has 0 N–H and O–H groups in total. The van der Waals surface area contributed by atoms with Gasteiger partial charge in [-0.3, -0.25) is 0 Å². The Morgan fingerprint density at radius 3 is 0.818 bits per heavy atom. The van der Waals surface area contributed by atoms with E-state index >= 15 is 0 Å². The average molecular weight is 363 g/mol. The number of unbranched alkanes of at least 4 members (excludes halogenated alkanes) is 4. The van der Waals surface area contributed by atoms with Crippen molar-refractivity contribution in [2.45, 2.75) is 101 Å². The van der Waals surface area contributed by atoms with Crippen molar-refractivity contribution in [3.63, 3.8) is 0 Å². The zero-order valence-corrected chi connectivity index (χ0v) is 15.3. The van der Waals surface area contributed by atoms with Crippen molar-refractivity contribution in [1.82, 2.24) is 0 Å². The highest BCUT2D eigenvalue weighted by Gasteiger charge is 2.24. The van der Waals surface area contributed by atoms with Crippen LogP contribution in [0.25, 0.3) is 0 Å². The van der Waals surface area contributed by atoms with Crippen molar-refractivity contribution in [3.05, 3.63) is 0 Å². The molecule has 0 unspecified atom stereocenters. The Morgan fingerprint density at radius 2 is 0.682 bits per heavy atom. The van der Waals surface area contributed by atoms with Crippen LogP contribution in [-0.4, -0.2) is 30.7 Å². The van der Waals surface area contributed by atoms with Crippen LogP contribution in [0, 0.1) is 0 Å². The maximum Gasteiger partial charge on any atom is 0.0786 e. The monoisotopic (exact) mass is 361 g/mol. The maximum absolute atomic E-state index is 2.33. The summed E-state index contributed by atoms with van der Waals surface area (Å²) in [7, 11) is 0. The van der Waals surface area contributed by atoms with Crippen LogP contribution in [0.15, 0.2) is 0 Å². The second-order valence-electron chi connectivity index (χ2n) is 5.65. The van der Waals surface area contributed by atoms with E-state index in [0.717, 1.165) is 0 Å². The van der Waals surface area contributed by atoms with Gasteiger partial charge in [0.15, 0.2) is 0 Å². The molecule has 1 nitrogen and oxygen atoms in total. The minimum atomic E-state index is 0. The molecule has 0 atom stereocenters. The van der Waals surface area contributed by atoms with Gasteiger partial charge in [-0.05, 0) is 25.7 Å². The van der Waals surface area contributed by atoms with Gasteiger partial charge in [0.05, 0.1) is 26.2 Å². The molecule has 0 rings (SSSR count). The Kier molecular flexibility index (Phi) is 45.9. The second kappa shape index (κ2) is 26.4. The Morgan fingerprint density at radius 1 is 0.500 bits per heavy atom. The summed E-state index contributed by atoms with van der Waals surface area (Å²) in [5.74, 6) is 0. The third-order valence-corrected chi connectivity index (χ3v) is 3.94. The minimum Gasteiger partial charge on any atom is -1.00 e. The molecule has 0 aromatic carbocycles. The van der Waals surface area contributed by atoms with Gasteiger partial charge in [0.2, 0.25) is 0 Å². The summed E-state index contributed by atoms with van der Waals surface area (Å²) in [6, 6.07) is 0. The van der Waals surface area contributed by atoms with Gasteiger partial charge in [0.25, 0.3) is 0 Å². The summed E-state index contributed by atoms with van der Waals surface area (Å²) in [5, 5.41) is 0. The van der Waals surface area contributed by atoms with Crippen molar-refractivity contribution in [3.8, 4) is 0 Å². The van der Waals surface area contributed by atoms with E-state index in [1.54, 1.807) is 0 Å². The fourth-order valence-electron chi connectivity index (χ4n) is 2.64. The fourth-order valence-corrected chi connectivity index (χ4v) is 2.64. The lowest BCUT2D eigenvalue weighted by molar-refractivity contribution is -0.929. The van der Waals surface area contributed by atoms with Gasteiger partial charge in [0.1, 0.15) is 0 Å². The van der Waals surface area contributed by atoms with Crippen LogP contribution in [0.5, 0.6) is 0 Å². The summed E-state index contributed by atoms with van der Waals surface area (Å²) in [6.07, 6.45) is 11.1. The lowest BCUT2D eigenvalue weighted by Gasteiger charge is -2.39. The van der Waals surface area contributed by atoms with Crippen molar-refractivity contribution in [1.29, 1.82) is 0 Å². The molecular formula is C19H49Cl2N. The molecule has 0 bridgehead atoms. The zero-order valence-electron chi connectivity index (χ0n) is 13.7. The van der Waals surface area contributed by atoms with Gasteiger partial charge in [-0.25, -0.2) is 0 Å². The highest BCUT2D eigenvalue weighted by atomic mass is 35.5. The molecule has 0 aliphatic heterocycles. The molecule has 0 aromatic rings. The van der Waals surface area contributed by atoms with E-state index in [-0.39, 0.29) is 47.1 Å². The van der Waals surface area contributed by atoms with E-state index < -0.39 is 0 Å². The van der Waals surface area contributed by atoms with E-state index in [0.29, 0.717) is 0 Å². The van der Waals surface area contributed by atoms with Crippen LogP contribution in [0.1, 0.15) is 101 Å². The number of hydrogen-bond acceptors (Lipinski definition) is 0. The molecule has 0 spiro atoms. The van der Waals surface area contributed by atoms with Crippen LogP contribution in [0.3, 0.4) is 0 Å². The molecule has 0 saturated carbocycles. The topological polar surface area (TPSA) is 0 Å². The van der Waals surface area contributed by atoms with Crippen LogP contribution in [-0.2, 0) is 0 Å². The van der Waals surface area contributed by atoms with Crippen molar-refractivity contribution in [2.24, 2.45) is 0 Å². The highest BCUT2D eigenvalue weighted by Crippen LogP contribution is 2.16. The first-order valence-corrected chi connectivity index (χ1v) is 8.09. The Labute approximate surface area is 157 Å². The number of rotatable bonds is 12. The molecule has 0 saturated heterocycles. The average Bonchev–Trinajstić information content (AvgIpc) is 2.37. The molecule has 144 valence electrons. The first-order valence-electron chi connectivity index (χ1n) is 8.09. The normalized spacial score (nSPS) is 9.27. The number of nitrogens with zero attached hydrogens (tertiary/aromatic N) is 1. The van der Waals surface area contributed by atoms with Crippen LogP contribution in [0.4, 0.5) is 0 Å². The highest BCUT2D eigenvalue weighted by molar-refractivity contribution is 5.85. The quantitative estimate of drug-likeness (QED) is 0.453. The van der Waals surface area contributed by atoms with Crippen molar-refractivity contribution < 1.29 is 16.9 Å². The Bertz CT molecular complexity index is 126. The standard InChI is InChI=1S/C16H36N.3CH4.2ClH/c1-5-9-13-17(14-10-6-2,15-11-7-3)16-12-8-4;;;;;/h5-16H2,1-4H3;3*1H4;2*1H/q+1;;;;;/p-1. The molecule has 0 fully saturated rings. The van der Waals surface area contributed by atoms with E-state index in [2.05, 4.69) is 27.7 Å². The molecule has 0 aliphatic carbocycles. The molecule has 0 heterocycles. The van der Waals surface area contributed by atoms with E-state index in [9.17, 15) is 0 Å². The van der Waals surface area contributed by atoms with Gasteiger partial charge in [-0.1, -0.05) is 75.7 Å². The number of hydrogen-bond donors (Lipinski definition) is 0. The molecule has 22 heavy (non-hydrogen) atoms. The Hall–Kier alpha value is 0.540. The van der Waals surface area contributed by atoms with E-state index in [1.807, 2.05) is 0 Å². The maximum atomic E-state index is 2.33. The second-order valence-corrected chi connectivity index (χ2v) is 5.65. The molecule has 0 radical (unpaired) electrons. The first-order chi connectivity index (χ1) is 8.24. The minimum absolute atomic E-state index is 0. The SMILES string of the molecule is C.C.C.CCCC[N+](CCCC)(CCCC)CCCC.Cl.[Cl-].